The molecule has 0 aliphatic carbocycles. The van der Waals surface area contributed by atoms with E-state index in [0.29, 0.717) is 6.54 Å². The van der Waals surface area contributed by atoms with Gasteiger partial charge < -0.3 is 9.84 Å². The fraction of sp³-hybridized carbons (Fsp3) is 0.316. The molecule has 0 unspecified atom stereocenters. The van der Waals surface area contributed by atoms with Gasteiger partial charge in [-0.2, -0.15) is 0 Å². The van der Waals surface area contributed by atoms with Crippen molar-refractivity contribution in [1.82, 2.24) is 0 Å². The van der Waals surface area contributed by atoms with Crippen LogP contribution in [0.1, 0.15) is 12.0 Å². The maximum atomic E-state index is 11.5. The van der Waals surface area contributed by atoms with Crippen molar-refractivity contribution in [2.24, 2.45) is 0 Å². The number of anilines is 1. The zero-order valence-electron chi connectivity index (χ0n) is 13.7. The van der Waals surface area contributed by atoms with Crippen molar-refractivity contribution in [1.29, 1.82) is 0 Å². The average Bonchev–Trinajstić information content (AvgIpc) is 2.97. The van der Waals surface area contributed by atoms with Crippen LogP contribution in [0.3, 0.4) is 0 Å². The number of methoxy groups -OCH3 is 1. The quantitative estimate of drug-likeness (QED) is 0.871. The van der Waals surface area contributed by atoms with Crippen molar-refractivity contribution < 1.29 is 14.4 Å². The molecule has 0 saturated heterocycles. The third kappa shape index (κ3) is 2.48. The van der Waals surface area contributed by atoms with Crippen molar-refractivity contribution in [3.63, 3.8) is 0 Å². The molecule has 0 bridgehead atoms. The van der Waals surface area contributed by atoms with Gasteiger partial charge >= 0.3 is 5.17 Å². The molecule has 4 rings (SSSR count). The fourth-order valence-corrected chi connectivity index (χ4v) is 4.60. The van der Waals surface area contributed by atoms with Gasteiger partial charge in [0.2, 0.25) is 0 Å². The maximum Gasteiger partial charge on any atom is 0.316 e. The minimum Gasteiger partial charge on any atom is -0.497 e. The molecule has 2 aromatic carbocycles. The number of amidine groups is 1. The molecule has 0 spiro atoms. The molecule has 0 fully saturated rings. The summed E-state index contributed by atoms with van der Waals surface area (Å²) in [4.78, 5) is 2.22. The van der Waals surface area contributed by atoms with E-state index in [1.807, 2.05) is 54.2 Å². The van der Waals surface area contributed by atoms with Gasteiger partial charge in [-0.25, -0.2) is 9.48 Å². The van der Waals surface area contributed by atoms with Crippen LogP contribution in [0.15, 0.2) is 54.6 Å². The third-order valence-corrected chi connectivity index (χ3v) is 5.86. The normalized spacial score (nSPS) is 23.3. The predicted molar refractivity (Wildman–Crippen MR) is 97.9 cm³/mol. The van der Waals surface area contributed by atoms with E-state index in [-0.39, 0.29) is 0 Å². The van der Waals surface area contributed by atoms with Gasteiger partial charge in [0.1, 0.15) is 11.4 Å². The number of ether oxygens (including phenoxy) is 1. The number of rotatable bonds is 3. The van der Waals surface area contributed by atoms with E-state index in [0.717, 1.165) is 40.9 Å². The Bertz CT molecular complexity index is 761. The number of aliphatic hydroxyl groups is 1. The van der Waals surface area contributed by atoms with Crippen molar-refractivity contribution >= 4 is 22.6 Å². The summed E-state index contributed by atoms with van der Waals surface area (Å²) in [7, 11) is 1.67. The standard InChI is InChI=1S/C19H21N2O2S/c1-23-17-10-8-16(9-11-17)20-14-19(22,15-6-3-2-4-7-15)21-12-5-13-24-18(20)21/h2-4,6-11,22H,5,12-14H2,1H3/q+1/t19-/m0/s1. The summed E-state index contributed by atoms with van der Waals surface area (Å²) in [5.41, 5.74) is 1.04. The summed E-state index contributed by atoms with van der Waals surface area (Å²) in [5.74, 6) is 1.93. The van der Waals surface area contributed by atoms with E-state index < -0.39 is 5.72 Å². The highest BCUT2D eigenvalue weighted by atomic mass is 32.2. The smallest absolute Gasteiger partial charge is 0.316 e. The van der Waals surface area contributed by atoms with Gasteiger partial charge in [0.15, 0.2) is 6.54 Å². The predicted octanol–water partition coefficient (Wildman–Crippen LogP) is 2.87. The van der Waals surface area contributed by atoms with E-state index in [4.69, 9.17) is 4.74 Å². The summed E-state index contributed by atoms with van der Waals surface area (Å²) < 4.78 is 7.41. The largest absolute Gasteiger partial charge is 0.497 e. The molecule has 1 atom stereocenters. The Hall–Kier alpha value is -1.98. The summed E-state index contributed by atoms with van der Waals surface area (Å²) in [6.45, 7) is 1.41. The molecule has 5 heteroatoms. The Morgan fingerprint density at radius 3 is 2.58 bits per heavy atom. The van der Waals surface area contributed by atoms with Crippen LogP contribution in [0.2, 0.25) is 0 Å². The first kappa shape index (κ1) is 15.5. The van der Waals surface area contributed by atoms with Gasteiger partial charge in [0.25, 0.3) is 5.72 Å². The van der Waals surface area contributed by atoms with Crippen LogP contribution in [-0.4, -0.2) is 40.8 Å². The van der Waals surface area contributed by atoms with Crippen molar-refractivity contribution in [2.45, 2.75) is 12.1 Å². The summed E-state index contributed by atoms with van der Waals surface area (Å²) in [5, 5.41) is 12.7. The van der Waals surface area contributed by atoms with Crippen molar-refractivity contribution in [3.05, 3.63) is 60.2 Å². The zero-order chi connectivity index (χ0) is 16.6. The second kappa shape index (κ2) is 6.15. The van der Waals surface area contributed by atoms with Gasteiger partial charge in [-0.05, 0) is 42.4 Å². The van der Waals surface area contributed by atoms with Crippen LogP contribution in [0, 0.1) is 0 Å². The van der Waals surface area contributed by atoms with Crippen LogP contribution < -0.4 is 9.64 Å². The minimum atomic E-state index is -0.982. The minimum absolute atomic E-state index is 0.533. The molecule has 2 aromatic rings. The lowest BCUT2D eigenvalue weighted by atomic mass is 10.0. The number of hydrogen-bond acceptors (Lipinski definition) is 4. The first-order chi connectivity index (χ1) is 11.7. The highest BCUT2D eigenvalue weighted by Gasteiger charge is 2.53. The average molecular weight is 341 g/mol. The van der Waals surface area contributed by atoms with Crippen LogP contribution in [0.4, 0.5) is 5.69 Å². The molecule has 0 radical (unpaired) electrons. The molecule has 1 N–H and O–H groups in total. The lowest BCUT2D eigenvalue weighted by Crippen LogP contribution is -2.41. The highest BCUT2D eigenvalue weighted by molar-refractivity contribution is 8.13. The molecule has 0 aromatic heterocycles. The second-order valence-corrected chi connectivity index (χ2v) is 7.17. The fourth-order valence-electron chi connectivity index (χ4n) is 3.42. The molecule has 2 heterocycles. The lowest BCUT2D eigenvalue weighted by Gasteiger charge is -2.24. The molecule has 24 heavy (non-hydrogen) atoms. The van der Waals surface area contributed by atoms with E-state index in [9.17, 15) is 5.11 Å². The Balaban J connectivity index is 1.76. The molecule has 2 aliphatic heterocycles. The summed E-state index contributed by atoms with van der Waals surface area (Å²) in [6, 6.07) is 18.0. The van der Waals surface area contributed by atoms with Crippen LogP contribution >= 0.6 is 11.8 Å². The first-order valence-corrected chi connectivity index (χ1v) is 9.18. The molecule has 4 nitrogen and oxygen atoms in total. The maximum absolute atomic E-state index is 11.5. The number of benzene rings is 2. The van der Waals surface area contributed by atoms with E-state index >= 15 is 0 Å². The molecule has 2 aliphatic rings. The number of thioether (sulfide) groups is 1. The van der Waals surface area contributed by atoms with Gasteiger partial charge in [0, 0.05) is 11.3 Å². The van der Waals surface area contributed by atoms with Crippen LogP contribution in [0.25, 0.3) is 0 Å². The number of hydrogen-bond donors (Lipinski definition) is 1. The Kier molecular flexibility index (Phi) is 3.98. The second-order valence-electron chi connectivity index (χ2n) is 6.10. The van der Waals surface area contributed by atoms with Crippen LogP contribution in [0.5, 0.6) is 5.75 Å². The third-order valence-electron chi connectivity index (χ3n) is 4.66. The summed E-state index contributed by atoms with van der Waals surface area (Å²) >= 11 is 1.82. The molecular formula is C19H21N2O2S+. The van der Waals surface area contributed by atoms with Crippen LogP contribution in [-0.2, 0) is 5.72 Å². The molecular weight excluding hydrogens is 320 g/mol. The Morgan fingerprint density at radius 1 is 1.12 bits per heavy atom. The van der Waals surface area contributed by atoms with Gasteiger partial charge in [-0.15, -0.1) is 0 Å². The lowest BCUT2D eigenvalue weighted by molar-refractivity contribution is -0.656. The number of nitrogens with zero attached hydrogens (tertiary/aromatic N) is 2. The topological polar surface area (TPSA) is 35.7 Å². The Morgan fingerprint density at radius 2 is 1.88 bits per heavy atom. The Labute approximate surface area is 146 Å². The van der Waals surface area contributed by atoms with Gasteiger partial charge in [-0.1, -0.05) is 30.3 Å². The highest BCUT2D eigenvalue weighted by Crippen LogP contribution is 2.37. The van der Waals surface area contributed by atoms with E-state index in [2.05, 4.69) is 21.6 Å². The van der Waals surface area contributed by atoms with E-state index in [1.165, 1.54) is 0 Å². The monoisotopic (exact) mass is 341 g/mol. The van der Waals surface area contributed by atoms with Crippen molar-refractivity contribution in [3.8, 4) is 5.75 Å². The number of β-amino-alcohol motifs (C(OH)–C–C–N with tert-alkyl or cyclic N) is 1. The van der Waals surface area contributed by atoms with E-state index in [1.54, 1.807) is 7.11 Å². The molecule has 124 valence electrons. The SMILES string of the molecule is COc1ccc(N2C[C@](O)(c3ccccc3)[N+]3=C2SCCC3)cc1. The molecule has 0 saturated carbocycles. The zero-order valence-corrected chi connectivity index (χ0v) is 14.5. The van der Waals surface area contributed by atoms with Gasteiger partial charge in [0.05, 0.1) is 13.7 Å². The van der Waals surface area contributed by atoms with Crippen molar-refractivity contribution in [2.75, 3.05) is 30.9 Å². The summed E-state index contributed by atoms with van der Waals surface area (Å²) in [6.07, 6.45) is 1.08. The first-order valence-electron chi connectivity index (χ1n) is 8.19. The molecule has 0 amide bonds. The van der Waals surface area contributed by atoms with Gasteiger partial charge in [-0.3, -0.25) is 0 Å².